The van der Waals surface area contributed by atoms with Crippen LogP contribution in [0.4, 0.5) is 5.82 Å². The molecule has 2 fully saturated rings. The van der Waals surface area contributed by atoms with Gasteiger partial charge >= 0.3 is 5.97 Å². The van der Waals surface area contributed by atoms with Gasteiger partial charge in [-0.05, 0) is 41.9 Å². The van der Waals surface area contributed by atoms with Crippen LogP contribution in [-0.2, 0) is 4.79 Å². The molecular weight excluding hydrogens is 264 g/mol. The highest BCUT2D eigenvalue weighted by Crippen LogP contribution is 2.40. The van der Waals surface area contributed by atoms with Gasteiger partial charge in [-0.15, -0.1) is 0 Å². The van der Waals surface area contributed by atoms with Gasteiger partial charge in [-0.3, -0.25) is 9.59 Å². The van der Waals surface area contributed by atoms with Crippen LogP contribution in [0.2, 0.25) is 0 Å². The number of aliphatic carboxylic acids is 1. The number of rotatable bonds is 3. The van der Waals surface area contributed by atoms with Crippen LogP contribution in [0, 0.1) is 5.92 Å². The number of piperidine rings is 1. The monoisotopic (exact) mass is 280 g/mol. The number of carboxylic acid groups (broad SMARTS) is 1. The maximum absolute atomic E-state index is 12.4. The molecule has 2 aliphatic heterocycles. The van der Waals surface area contributed by atoms with Crippen molar-refractivity contribution in [3.8, 4) is 0 Å². The molecule has 2 bridgehead atoms. The van der Waals surface area contributed by atoms with Gasteiger partial charge in [0.05, 0.1) is 0 Å². The molecule has 1 amide bonds. The highest BCUT2D eigenvalue weighted by atomic mass is 16.6. The molecule has 108 valence electrons. The summed E-state index contributed by atoms with van der Waals surface area (Å²) in [4.78, 5) is 25.0. The predicted octanol–water partition coefficient (Wildman–Crippen LogP) is 0.510. The lowest BCUT2D eigenvalue weighted by molar-refractivity contribution is -0.138. The summed E-state index contributed by atoms with van der Waals surface area (Å²) >= 11 is 0. The van der Waals surface area contributed by atoms with Crippen LogP contribution in [0.3, 0.4) is 0 Å². The Bertz CT molecular complexity index is 529. The van der Waals surface area contributed by atoms with E-state index in [-0.39, 0.29) is 41.8 Å². The molecule has 2 unspecified atom stereocenters. The maximum Gasteiger partial charge on any atom is 0.303 e. The van der Waals surface area contributed by atoms with Crippen molar-refractivity contribution >= 4 is 17.7 Å². The van der Waals surface area contributed by atoms with Crippen molar-refractivity contribution in [2.75, 3.05) is 5.73 Å². The van der Waals surface area contributed by atoms with E-state index < -0.39 is 5.97 Å². The van der Waals surface area contributed by atoms with E-state index in [1.807, 2.05) is 0 Å². The van der Waals surface area contributed by atoms with Gasteiger partial charge in [0.25, 0.3) is 5.91 Å². The van der Waals surface area contributed by atoms with E-state index in [9.17, 15) is 9.59 Å². The van der Waals surface area contributed by atoms with Gasteiger partial charge in [0.2, 0.25) is 11.5 Å². The number of amides is 1. The number of hydrogen-bond donors (Lipinski definition) is 2. The van der Waals surface area contributed by atoms with E-state index >= 15 is 0 Å². The summed E-state index contributed by atoms with van der Waals surface area (Å²) in [5.41, 5.74) is 5.61. The minimum absolute atomic E-state index is 0.00191. The topological polar surface area (TPSA) is 123 Å². The quantitative estimate of drug-likeness (QED) is 0.826. The van der Waals surface area contributed by atoms with Crippen LogP contribution >= 0.6 is 0 Å². The average molecular weight is 280 g/mol. The van der Waals surface area contributed by atoms with Crippen LogP contribution in [0.25, 0.3) is 0 Å². The first-order valence-corrected chi connectivity index (χ1v) is 6.68. The molecule has 2 saturated heterocycles. The van der Waals surface area contributed by atoms with E-state index in [4.69, 9.17) is 10.8 Å². The Morgan fingerprint density at radius 3 is 2.45 bits per heavy atom. The van der Waals surface area contributed by atoms with Crippen LogP contribution in [0.15, 0.2) is 4.63 Å². The second-order valence-corrected chi connectivity index (χ2v) is 5.53. The Hall–Kier alpha value is -2.12. The standard InChI is InChI=1S/C12H16N4O4/c13-11-10(14-20-15-11)12(19)16-7-1-2-8(16)4-6(3-7)5-9(17)18/h6-8H,1-5H2,(H2,13,15)(H,17,18). The number of fused-ring (bicyclic) bond motifs is 2. The second kappa shape index (κ2) is 4.77. The largest absolute Gasteiger partial charge is 0.481 e. The van der Waals surface area contributed by atoms with Gasteiger partial charge in [0, 0.05) is 18.5 Å². The minimum atomic E-state index is -0.779. The molecule has 1 aromatic rings. The van der Waals surface area contributed by atoms with E-state index in [1.54, 1.807) is 4.90 Å². The third-order valence-electron chi connectivity index (χ3n) is 4.25. The van der Waals surface area contributed by atoms with Crippen LogP contribution < -0.4 is 5.73 Å². The molecule has 0 aliphatic carbocycles. The third-order valence-corrected chi connectivity index (χ3v) is 4.25. The van der Waals surface area contributed by atoms with E-state index in [2.05, 4.69) is 14.9 Å². The summed E-state index contributed by atoms with van der Waals surface area (Å²) in [6, 6.07) is 0.142. The van der Waals surface area contributed by atoms with Crippen LogP contribution in [-0.4, -0.2) is 44.3 Å². The highest BCUT2D eigenvalue weighted by molar-refractivity contribution is 5.96. The number of aromatic nitrogens is 2. The van der Waals surface area contributed by atoms with Crippen molar-refractivity contribution in [2.24, 2.45) is 5.92 Å². The number of carbonyl (C=O) groups excluding carboxylic acids is 1. The Morgan fingerprint density at radius 1 is 1.30 bits per heavy atom. The van der Waals surface area contributed by atoms with Gasteiger partial charge in [-0.1, -0.05) is 0 Å². The van der Waals surface area contributed by atoms with E-state index in [1.165, 1.54) is 0 Å². The van der Waals surface area contributed by atoms with Crippen LogP contribution in [0.1, 0.15) is 42.6 Å². The Balaban J connectivity index is 1.76. The van der Waals surface area contributed by atoms with Gasteiger partial charge in [-0.2, -0.15) is 0 Å². The molecule has 3 heterocycles. The lowest BCUT2D eigenvalue weighted by atomic mass is 9.88. The first kappa shape index (κ1) is 12.9. The fourth-order valence-corrected chi connectivity index (χ4v) is 3.50. The molecule has 20 heavy (non-hydrogen) atoms. The van der Waals surface area contributed by atoms with Gasteiger partial charge < -0.3 is 15.7 Å². The van der Waals surface area contributed by atoms with Crippen molar-refractivity contribution in [1.29, 1.82) is 0 Å². The molecule has 3 N–H and O–H groups in total. The summed E-state index contributed by atoms with van der Waals surface area (Å²) in [6.45, 7) is 0. The number of nitrogens with zero attached hydrogens (tertiary/aromatic N) is 3. The molecule has 1 aromatic heterocycles. The molecule has 8 heteroatoms. The summed E-state index contributed by atoms with van der Waals surface area (Å²) in [6.07, 6.45) is 3.41. The smallest absolute Gasteiger partial charge is 0.303 e. The molecule has 0 aromatic carbocycles. The molecule has 2 aliphatic rings. The number of nitrogen functional groups attached to an aromatic ring is 1. The van der Waals surface area contributed by atoms with E-state index in [0.717, 1.165) is 25.7 Å². The highest BCUT2D eigenvalue weighted by Gasteiger charge is 2.44. The second-order valence-electron chi connectivity index (χ2n) is 5.53. The Labute approximate surface area is 114 Å². The zero-order valence-corrected chi connectivity index (χ0v) is 10.9. The molecule has 3 rings (SSSR count). The minimum Gasteiger partial charge on any atom is -0.481 e. The summed E-state index contributed by atoms with van der Waals surface area (Å²) in [5.74, 6) is -0.895. The molecule has 2 atom stereocenters. The first-order chi connectivity index (χ1) is 9.56. The lowest BCUT2D eigenvalue weighted by Gasteiger charge is -2.38. The van der Waals surface area contributed by atoms with Crippen molar-refractivity contribution in [3.63, 3.8) is 0 Å². The number of hydrogen-bond acceptors (Lipinski definition) is 6. The number of carboxylic acids is 1. The van der Waals surface area contributed by atoms with Gasteiger partial charge in [0.15, 0.2) is 0 Å². The fourth-order valence-electron chi connectivity index (χ4n) is 3.50. The van der Waals surface area contributed by atoms with Crippen molar-refractivity contribution in [3.05, 3.63) is 5.69 Å². The molecule has 8 nitrogen and oxygen atoms in total. The van der Waals surface area contributed by atoms with Gasteiger partial charge in [0.1, 0.15) is 0 Å². The number of nitrogens with two attached hydrogens (primary N) is 1. The third kappa shape index (κ3) is 2.10. The normalized spacial score (nSPS) is 28.6. The fraction of sp³-hybridized carbons (Fsp3) is 0.667. The number of carbonyl (C=O) groups is 2. The van der Waals surface area contributed by atoms with Crippen LogP contribution in [0.5, 0.6) is 0 Å². The summed E-state index contributed by atoms with van der Waals surface area (Å²) in [5, 5.41) is 15.9. The SMILES string of the molecule is Nc1nonc1C(=O)N1C2CCC1CC(CC(=O)O)C2. The summed E-state index contributed by atoms with van der Waals surface area (Å²) in [7, 11) is 0. The van der Waals surface area contributed by atoms with Gasteiger partial charge in [-0.25, -0.2) is 4.63 Å². The predicted molar refractivity (Wildman–Crippen MR) is 66.7 cm³/mol. The number of anilines is 1. The lowest BCUT2D eigenvalue weighted by Crippen LogP contribution is -2.47. The zero-order chi connectivity index (χ0) is 14.3. The first-order valence-electron chi connectivity index (χ1n) is 6.68. The van der Waals surface area contributed by atoms with E-state index in [0.29, 0.717) is 0 Å². The van der Waals surface area contributed by atoms with Crippen molar-refractivity contribution in [1.82, 2.24) is 15.2 Å². The molecule has 0 spiro atoms. The van der Waals surface area contributed by atoms with Crippen molar-refractivity contribution in [2.45, 2.75) is 44.2 Å². The molecular formula is C12H16N4O4. The Kier molecular flexibility index (Phi) is 3.07. The van der Waals surface area contributed by atoms with Crippen molar-refractivity contribution < 1.29 is 19.3 Å². The summed E-state index contributed by atoms with van der Waals surface area (Å²) < 4.78 is 4.47. The zero-order valence-electron chi connectivity index (χ0n) is 10.9. The Morgan fingerprint density at radius 2 is 1.95 bits per heavy atom. The molecule has 0 saturated carbocycles. The maximum atomic E-state index is 12.4. The molecule has 0 radical (unpaired) electrons. The average Bonchev–Trinajstić information content (AvgIpc) is 2.90.